The topological polar surface area (TPSA) is 112 Å². The van der Waals surface area contributed by atoms with Crippen molar-refractivity contribution in [1.29, 1.82) is 0 Å². The summed E-state index contributed by atoms with van der Waals surface area (Å²) in [6, 6.07) is 23.7. The van der Waals surface area contributed by atoms with E-state index in [-0.39, 0.29) is 11.7 Å². The van der Waals surface area contributed by atoms with Gasteiger partial charge in [0, 0.05) is 22.5 Å². The summed E-state index contributed by atoms with van der Waals surface area (Å²) in [6.45, 7) is 0. The predicted octanol–water partition coefficient (Wildman–Crippen LogP) is 3.77. The molecule has 0 saturated carbocycles. The SMILES string of the molecule is COc1ccc(-n2c(SCC(=O)Nc3ccc(C(N)=O)cc3)nnc2-c2ccccc2)cc1. The number of hydrogen-bond acceptors (Lipinski definition) is 6. The van der Waals surface area contributed by atoms with Gasteiger partial charge in [-0.15, -0.1) is 10.2 Å². The van der Waals surface area contributed by atoms with Gasteiger partial charge in [-0.05, 0) is 48.5 Å². The van der Waals surface area contributed by atoms with Crippen LogP contribution in [-0.2, 0) is 4.79 Å². The van der Waals surface area contributed by atoms with Gasteiger partial charge in [-0.2, -0.15) is 0 Å². The lowest BCUT2D eigenvalue weighted by Crippen LogP contribution is -2.15. The smallest absolute Gasteiger partial charge is 0.248 e. The van der Waals surface area contributed by atoms with Crippen molar-refractivity contribution < 1.29 is 14.3 Å². The van der Waals surface area contributed by atoms with Crippen LogP contribution in [-0.4, -0.2) is 39.4 Å². The molecule has 3 N–H and O–H groups in total. The number of primary amides is 1. The minimum absolute atomic E-state index is 0.126. The van der Waals surface area contributed by atoms with Crippen molar-refractivity contribution >= 4 is 29.3 Å². The maximum Gasteiger partial charge on any atom is 0.248 e. The van der Waals surface area contributed by atoms with Gasteiger partial charge in [0.05, 0.1) is 12.9 Å². The average molecular weight is 460 g/mol. The van der Waals surface area contributed by atoms with Crippen molar-refractivity contribution in [2.75, 3.05) is 18.2 Å². The minimum atomic E-state index is -0.518. The molecule has 0 bridgehead atoms. The Balaban J connectivity index is 1.55. The molecule has 9 heteroatoms. The van der Waals surface area contributed by atoms with Crippen molar-refractivity contribution in [2.24, 2.45) is 5.73 Å². The quantitative estimate of drug-likeness (QED) is 0.388. The number of anilines is 1. The predicted molar refractivity (Wildman–Crippen MR) is 128 cm³/mol. The second-order valence-corrected chi connectivity index (χ2v) is 7.93. The van der Waals surface area contributed by atoms with E-state index in [4.69, 9.17) is 10.5 Å². The molecule has 0 unspecified atom stereocenters. The summed E-state index contributed by atoms with van der Waals surface area (Å²) < 4.78 is 7.17. The van der Waals surface area contributed by atoms with E-state index in [9.17, 15) is 9.59 Å². The number of nitrogens with two attached hydrogens (primary N) is 1. The van der Waals surface area contributed by atoms with Crippen LogP contribution < -0.4 is 15.8 Å². The fourth-order valence-electron chi connectivity index (χ4n) is 3.15. The fraction of sp³-hybridized carbons (Fsp3) is 0.0833. The Morgan fingerprint density at radius 1 is 0.970 bits per heavy atom. The van der Waals surface area contributed by atoms with Crippen molar-refractivity contribution in [1.82, 2.24) is 14.8 Å². The molecule has 0 aliphatic heterocycles. The highest BCUT2D eigenvalue weighted by Gasteiger charge is 2.17. The molecule has 0 atom stereocenters. The number of amides is 2. The molecule has 33 heavy (non-hydrogen) atoms. The zero-order valence-electron chi connectivity index (χ0n) is 17.8. The first-order valence-corrected chi connectivity index (χ1v) is 11.0. The number of nitrogens with one attached hydrogen (secondary N) is 1. The standard InChI is InChI=1S/C24H21N5O3S/c1-32-20-13-11-19(12-14-20)29-23(17-5-3-2-4-6-17)27-28-24(29)33-15-21(30)26-18-9-7-16(8-10-18)22(25)31/h2-14H,15H2,1H3,(H2,25,31)(H,26,30). The number of rotatable bonds is 8. The number of carbonyl (C=O) groups is 2. The van der Waals surface area contributed by atoms with Crippen LogP contribution in [0.25, 0.3) is 17.1 Å². The second-order valence-electron chi connectivity index (χ2n) is 6.98. The lowest BCUT2D eigenvalue weighted by atomic mass is 10.2. The third-order valence-electron chi connectivity index (χ3n) is 4.78. The lowest BCUT2D eigenvalue weighted by Gasteiger charge is -2.11. The molecule has 0 aliphatic carbocycles. The van der Waals surface area contributed by atoms with Gasteiger partial charge in [0.15, 0.2) is 11.0 Å². The van der Waals surface area contributed by atoms with Crippen molar-refractivity contribution in [3.05, 3.63) is 84.4 Å². The van der Waals surface area contributed by atoms with E-state index >= 15 is 0 Å². The second kappa shape index (κ2) is 10.0. The van der Waals surface area contributed by atoms with Crippen LogP contribution in [0.4, 0.5) is 5.69 Å². The number of nitrogens with zero attached hydrogens (tertiary/aromatic N) is 3. The number of carbonyl (C=O) groups excluding carboxylic acids is 2. The molecule has 0 aliphatic rings. The summed E-state index contributed by atoms with van der Waals surface area (Å²) in [5.74, 6) is 0.809. The summed E-state index contributed by atoms with van der Waals surface area (Å²) in [5.41, 5.74) is 7.96. The van der Waals surface area contributed by atoms with Crippen molar-refractivity contribution in [3.63, 3.8) is 0 Å². The zero-order valence-corrected chi connectivity index (χ0v) is 18.6. The van der Waals surface area contributed by atoms with Crippen LogP contribution >= 0.6 is 11.8 Å². The van der Waals surface area contributed by atoms with Crippen LogP contribution in [0.5, 0.6) is 5.75 Å². The van der Waals surface area contributed by atoms with Crippen molar-refractivity contribution in [2.45, 2.75) is 5.16 Å². The van der Waals surface area contributed by atoms with Crippen LogP contribution in [0.1, 0.15) is 10.4 Å². The lowest BCUT2D eigenvalue weighted by molar-refractivity contribution is -0.113. The molecular formula is C24H21N5O3S. The molecule has 4 rings (SSSR count). The van der Waals surface area contributed by atoms with E-state index < -0.39 is 5.91 Å². The highest BCUT2D eigenvalue weighted by molar-refractivity contribution is 7.99. The van der Waals surface area contributed by atoms with Crippen molar-refractivity contribution in [3.8, 4) is 22.8 Å². The summed E-state index contributed by atoms with van der Waals surface area (Å²) in [7, 11) is 1.62. The monoisotopic (exact) mass is 459 g/mol. The maximum atomic E-state index is 12.5. The summed E-state index contributed by atoms with van der Waals surface area (Å²) in [5, 5.41) is 12.1. The van der Waals surface area contributed by atoms with Gasteiger partial charge in [0.1, 0.15) is 5.75 Å². The normalized spacial score (nSPS) is 10.6. The first-order valence-electron chi connectivity index (χ1n) is 10.0. The van der Waals surface area contributed by atoms with Gasteiger partial charge in [0.25, 0.3) is 0 Å². The van der Waals surface area contributed by atoms with E-state index in [1.54, 1.807) is 31.4 Å². The van der Waals surface area contributed by atoms with E-state index in [0.29, 0.717) is 22.2 Å². The largest absolute Gasteiger partial charge is 0.497 e. The number of aromatic nitrogens is 3. The Morgan fingerprint density at radius 2 is 1.67 bits per heavy atom. The molecule has 166 valence electrons. The third kappa shape index (κ3) is 5.21. The Kier molecular flexibility index (Phi) is 6.70. The number of methoxy groups -OCH3 is 1. The van der Waals surface area contributed by atoms with Gasteiger partial charge in [-0.3, -0.25) is 14.2 Å². The van der Waals surface area contributed by atoms with E-state index in [0.717, 1.165) is 17.0 Å². The minimum Gasteiger partial charge on any atom is -0.497 e. The first kappa shape index (κ1) is 22.1. The Bertz CT molecular complexity index is 1260. The third-order valence-corrected chi connectivity index (χ3v) is 5.71. The molecule has 1 heterocycles. The highest BCUT2D eigenvalue weighted by Crippen LogP contribution is 2.29. The number of hydrogen-bond donors (Lipinski definition) is 2. The molecular weight excluding hydrogens is 438 g/mol. The molecule has 4 aromatic rings. The van der Waals surface area contributed by atoms with Crippen LogP contribution in [0.15, 0.2) is 84.0 Å². The Labute approximate surface area is 194 Å². The maximum absolute atomic E-state index is 12.5. The summed E-state index contributed by atoms with van der Waals surface area (Å²) >= 11 is 1.27. The number of thioether (sulfide) groups is 1. The molecule has 0 saturated heterocycles. The molecule has 1 aromatic heterocycles. The molecule has 8 nitrogen and oxygen atoms in total. The number of benzene rings is 3. The molecule has 0 radical (unpaired) electrons. The highest BCUT2D eigenvalue weighted by atomic mass is 32.2. The molecule has 0 fully saturated rings. The molecule has 3 aromatic carbocycles. The zero-order chi connectivity index (χ0) is 23.2. The first-order chi connectivity index (χ1) is 16.0. The van der Waals surface area contributed by atoms with Gasteiger partial charge in [0.2, 0.25) is 11.8 Å². The molecule has 0 spiro atoms. The van der Waals surface area contributed by atoms with Gasteiger partial charge >= 0.3 is 0 Å². The fourth-order valence-corrected chi connectivity index (χ4v) is 3.90. The van der Waals surface area contributed by atoms with Gasteiger partial charge in [-0.1, -0.05) is 42.1 Å². The van der Waals surface area contributed by atoms with E-state index in [2.05, 4.69) is 15.5 Å². The molecule has 2 amide bonds. The summed E-state index contributed by atoms with van der Waals surface area (Å²) in [6.07, 6.45) is 0. The van der Waals surface area contributed by atoms with E-state index in [1.807, 2.05) is 59.2 Å². The van der Waals surface area contributed by atoms with Gasteiger partial charge < -0.3 is 15.8 Å². The Morgan fingerprint density at radius 3 is 2.30 bits per heavy atom. The van der Waals surface area contributed by atoms with Crippen LogP contribution in [0.3, 0.4) is 0 Å². The number of ether oxygens (including phenoxy) is 1. The summed E-state index contributed by atoms with van der Waals surface area (Å²) in [4.78, 5) is 23.7. The van der Waals surface area contributed by atoms with Crippen LogP contribution in [0.2, 0.25) is 0 Å². The van der Waals surface area contributed by atoms with Crippen LogP contribution in [0, 0.1) is 0 Å². The average Bonchev–Trinajstić information content (AvgIpc) is 3.27. The van der Waals surface area contributed by atoms with E-state index in [1.165, 1.54) is 11.8 Å². The Hall–Kier alpha value is -4.11. The van der Waals surface area contributed by atoms with Gasteiger partial charge in [-0.25, -0.2) is 0 Å².